The lowest BCUT2D eigenvalue weighted by Gasteiger charge is -2.35. The molecule has 2 saturated heterocycles. The van der Waals surface area contributed by atoms with Crippen LogP contribution < -0.4 is 0 Å². The Balaban J connectivity index is 1.19. The summed E-state index contributed by atoms with van der Waals surface area (Å²) in [7, 11) is 0. The van der Waals surface area contributed by atoms with Crippen molar-refractivity contribution in [2.45, 2.75) is 18.5 Å². The molecule has 0 aliphatic carbocycles. The summed E-state index contributed by atoms with van der Waals surface area (Å²) in [4.78, 5) is 31.9. The number of hydrogen-bond acceptors (Lipinski definition) is 4. The number of carbonyl (C=O) groups is 2. The van der Waals surface area contributed by atoms with Crippen LogP contribution in [0.25, 0.3) is 0 Å². The SMILES string of the molecule is O=C(c1ccc([C@@H]2SCC(=O)N2Cc2ccc(Cl)cc2)cc1)N1CCN(Cc2ccccc2)CC1. The van der Waals surface area contributed by atoms with E-state index in [1.807, 2.05) is 64.4 Å². The predicted molar refractivity (Wildman–Crippen MR) is 141 cm³/mol. The summed E-state index contributed by atoms with van der Waals surface area (Å²) < 4.78 is 0. The third-order valence-corrected chi connectivity index (χ3v) is 8.09. The molecule has 0 unspecified atom stereocenters. The summed E-state index contributed by atoms with van der Waals surface area (Å²) in [5.41, 5.74) is 4.09. The lowest BCUT2D eigenvalue weighted by Crippen LogP contribution is -2.48. The van der Waals surface area contributed by atoms with Gasteiger partial charge in [0, 0.05) is 49.9 Å². The number of nitrogens with zero attached hydrogens (tertiary/aromatic N) is 3. The van der Waals surface area contributed by atoms with Crippen LogP contribution in [-0.2, 0) is 17.9 Å². The largest absolute Gasteiger partial charge is 0.336 e. The van der Waals surface area contributed by atoms with Gasteiger partial charge in [0.2, 0.25) is 5.91 Å². The lowest BCUT2D eigenvalue weighted by molar-refractivity contribution is -0.128. The van der Waals surface area contributed by atoms with E-state index in [4.69, 9.17) is 11.6 Å². The number of benzene rings is 3. The van der Waals surface area contributed by atoms with Gasteiger partial charge in [0.15, 0.2) is 0 Å². The van der Waals surface area contributed by atoms with Crippen LogP contribution in [0.2, 0.25) is 5.02 Å². The molecule has 0 saturated carbocycles. The lowest BCUT2D eigenvalue weighted by atomic mass is 10.1. The molecule has 2 fully saturated rings. The van der Waals surface area contributed by atoms with Crippen molar-refractivity contribution in [3.63, 3.8) is 0 Å². The molecule has 180 valence electrons. The number of halogens is 1. The Morgan fingerprint density at radius 3 is 2.17 bits per heavy atom. The van der Waals surface area contributed by atoms with Crippen LogP contribution in [0.5, 0.6) is 0 Å². The first-order valence-corrected chi connectivity index (χ1v) is 13.3. The Hall–Kier alpha value is -2.80. The zero-order valence-electron chi connectivity index (χ0n) is 19.5. The summed E-state index contributed by atoms with van der Waals surface area (Å²) in [6.07, 6.45) is 0. The van der Waals surface area contributed by atoms with E-state index in [9.17, 15) is 9.59 Å². The highest BCUT2D eigenvalue weighted by atomic mass is 35.5. The number of hydrogen-bond donors (Lipinski definition) is 0. The highest BCUT2D eigenvalue weighted by Crippen LogP contribution is 2.39. The van der Waals surface area contributed by atoms with Crippen LogP contribution in [0.15, 0.2) is 78.9 Å². The minimum atomic E-state index is -0.0520. The van der Waals surface area contributed by atoms with Gasteiger partial charge >= 0.3 is 0 Å². The molecule has 3 aromatic carbocycles. The van der Waals surface area contributed by atoms with Crippen LogP contribution in [0, 0.1) is 0 Å². The zero-order chi connectivity index (χ0) is 24.2. The van der Waals surface area contributed by atoms with Gasteiger partial charge in [0.25, 0.3) is 5.91 Å². The average Bonchev–Trinajstić information content (AvgIpc) is 3.26. The van der Waals surface area contributed by atoms with Gasteiger partial charge in [-0.15, -0.1) is 11.8 Å². The molecule has 1 atom stereocenters. The first kappa shape index (κ1) is 23.9. The van der Waals surface area contributed by atoms with E-state index in [0.717, 1.165) is 43.9 Å². The summed E-state index contributed by atoms with van der Waals surface area (Å²) in [5, 5.41) is 0.633. The van der Waals surface area contributed by atoms with E-state index in [0.29, 0.717) is 22.9 Å². The van der Waals surface area contributed by atoms with Crippen LogP contribution >= 0.6 is 23.4 Å². The standard InChI is InChI=1S/C28H28ClN3O2S/c29-25-12-6-22(7-13-25)19-32-26(33)20-35-28(32)24-10-8-23(9-11-24)27(34)31-16-14-30(15-17-31)18-21-4-2-1-3-5-21/h1-13,28H,14-20H2/t28-/m0/s1. The molecule has 0 spiro atoms. The van der Waals surface area contributed by atoms with Crippen molar-refractivity contribution >= 4 is 35.2 Å². The van der Waals surface area contributed by atoms with Crippen molar-refractivity contribution in [2.75, 3.05) is 31.9 Å². The number of rotatable bonds is 6. The van der Waals surface area contributed by atoms with E-state index in [-0.39, 0.29) is 17.2 Å². The van der Waals surface area contributed by atoms with Gasteiger partial charge in [-0.25, -0.2) is 0 Å². The quantitative estimate of drug-likeness (QED) is 0.469. The summed E-state index contributed by atoms with van der Waals surface area (Å²) in [6, 6.07) is 25.8. The topological polar surface area (TPSA) is 43.9 Å². The summed E-state index contributed by atoms with van der Waals surface area (Å²) >= 11 is 7.63. The molecule has 0 N–H and O–H groups in total. The normalized spacial score (nSPS) is 18.8. The van der Waals surface area contributed by atoms with Crippen molar-refractivity contribution in [3.05, 3.63) is 106 Å². The molecule has 0 radical (unpaired) electrons. The maximum absolute atomic E-state index is 13.1. The fourth-order valence-corrected chi connectivity index (χ4v) is 5.93. The highest BCUT2D eigenvalue weighted by molar-refractivity contribution is 8.00. The maximum Gasteiger partial charge on any atom is 0.253 e. The minimum absolute atomic E-state index is 0.0520. The number of carbonyl (C=O) groups excluding carboxylic acids is 2. The van der Waals surface area contributed by atoms with Gasteiger partial charge in [-0.3, -0.25) is 14.5 Å². The molecule has 0 aromatic heterocycles. The molecule has 35 heavy (non-hydrogen) atoms. The highest BCUT2D eigenvalue weighted by Gasteiger charge is 2.33. The Kier molecular flexibility index (Phi) is 7.42. The number of piperazine rings is 1. The fraction of sp³-hybridized carbons (Fsp3) is 0.286. The van der Waals surface area contributed by atoms with E-state index in [1.54, 1.807) is 11.8 Å². The van der Waals surface area contributed by atoms with Crippen molar-refractivity contribution in [1.82, 2.24) is 14.7 Å². The summed E-state index contributed by atoms with van der Waals surface area (Å²) in [6.45, 7) is 4.67. The fourth-order valence-electron chi connectivity index (χ4n) is 4.61. The number of thioether (sulfide) groups is 1. The molecule has 5 rings (SSSR count). The van der Waals surface area contributed by atoms with Crippen molar-refractivity contribution in [3.8, 4) is 0 Å². The third-order valence-electron chi connectivity index (χ3n) is 6.59. The van der Waals surface area contributed by atoms with Gasteiger partial charge in [-0.1, -0.05) is 66.2 Å². The Bertz CT molecular complexity index is 1160. The molecular weight excluding hydrogens is 478 g/mol. The smallest absolute Gasteiger partial charge is 0.253 e. The molecule has 7 heteroatoms. The van der Waals surface area contributed by atoms with Crippen LogP contribution in [0.4, 0.5) is 0 Å². The minimum Gasteiger partial charge on any atom is -0.336 e. The first-order chi connectivity index (χ1) is 17.1. The van der Waals surface area contributed by atoms with E-state index in [1.165, 1.54) is 5.56 Å². The average molecular weight is 506 g/mol. The molecule has 3 aromatic rings. The monoisotopic (exact) mass is 505 g/mol. The van der Waals surface area contributed by atoms with Crippen LogP contribution in [0.1, 0.15) is 32.4 Å². The van der Waals surface area contributed by atoms with Gasteiger partial charge in [-0.05, 0) is 41.0 Å². The van der Waals surface area contributed by atoms with E-state index < -0.39 is 0 Å². The maximum atomic E-state index is 13.1. The van der Waals surface area contributed by atoms with E-state index in [2.05, 4.69) is 29.2 Å². The first-order valence-electron chi connectivity index (χ1n) is 11.9. The van der Waals surface area contributed by atoms with Gasteiger partial charge in [0.05, 0.1) is 5.75 Å². The predicted octanol–water partition coefficient (Wildman–Crippen LogP) is 5.07. The Morgan fingerprint density at radius 2 is 1.49 bits per heavy atom. The molecular formula is C28H28ClN3O2S. The Labute approximate surface area is 215 Å². The van der Waals surface area contributed by atoms with Gasteiger partial charge < -0.3 is 9.80 Å². The molecule has 2 aliphatic rings. The van der Waals surface area contributed by atoms with E-state index >= 15 is 0 Å². The van der Waals surface area contributed by atoms with Crippen LogP contribution in [-0.4, -0.2) is 58.4 Å². The van der Waals surface area contributed by atoms with Crippen molar-refractivity contribution < 1.29 is 9.59 Å². The zero-order valence-corrected chi connectivity index (χ0v) is 21.0. The van der Waals surface area contributed by atoms with Gasteiger partial charge in [0.1, 0.15) is 5.37 Å². The summed E-state index contributed by atoms with van der Waals surface area (Å²) in [5.74, 6) is 0.666. The third kappa shape index (κ3) is 5.72. The second kappa shape index (κ2) is 10.9. The molecule has 0 bridgehead atoms. The molecule has 5 nitrogen and oxygen atoms in total. The molecule has 2 aliphatic heterocycles. The van der Waals surface area contributed by atoms with Gasteiger partial charge in [-0.2, -0.15) is 0 Å². The van der Waals surface area contributed by atoms with Crippen molar-refractivity contribution in [2.24, 2.45) is 0 Å². The molecule has 2 amide bonds. The number of amides is 2. The van der Waals surface area contributed by atoms with Crippen LogP contribution in [0.3, 0.4) is 0 Å². The molecule has 2 heterocycles. The second-order valence-corrected chi connectivity index (χ2v) is 10.5. The van der Waals surface area contributed by atoms with Crippen molar-refractivity contribution in [1.29, 1.82) is 0 Å². The Morgan fingerprint density at radius 1 is 0.829 bits per heavy atom. The second-order valence-electron chi connectivity index (χ2n) is 8.99.